The first-order valence-electron chi connectivity index (χ1n) is 5.62. The second-order valence-electron chi connectivity index (χ2n) is 4.08. The summed E-state index contributed by atoms with van der Waals surface area (Å²) in [6, 6.07) is 8.25. The predicted molar refractivity (Wildman–Crippen MR) is 71.7 cm³/mol. The third-order valence-electron chi connectivity index (χ3n) is 2.71. The fourth-order valence-corrected chi connectivity index (χ4v) is 2.20. The summed E-state index contributed by atoms with van der Waals surface area (Å²) in [4.78, 5) is 11.3. The molecular weight excluding hydrogens is 282 g/mol. The molecule has 0 heterocycles. The summed E-state index contributed by atoms with van der Waals surface area (Å²) in [6.45, 7) is 4.53. The summed E-state index contributed by atoms with van der Waals surface area (Å²) in [5, 5.41) is 3.32. The van der Waals surface area contributed by atoms with Crippen LogP contribution in [0.25, 0.3) is 0 Å². The van der Waals surface area contributed by atoms with Crippen molar-refractivity contribution in [2.45, 2.75) is 19.9 Å². The van der Waals surface area contributed by atoms with Gasteiger partial charge in [0.25, 0.3) is 0 Å². The number of halogens is 1. The number of rotatable bonds is 5. The number of ether oxygens (including phenoxy) is 1. The van der Waals surface area contributed by atoms with Gasteiger partial charge in [0, 0.05) is 17.1 Å². The van der Waals surface area contributed by atoms with Gasteiger partial charge in [-0.1, -0.05) is 41.1 Å². The molecule has 0 saturated carbocycles. The first kappa shape index (κ1) is 14.2. The van der Waals surface area contributed by atoms with Crippen LogP contribution >= 0.6 is 15.9 Å². The number of hydrogen-bond donors (Lipinski definition) is 1. The highest BCUT2D eigenvalue weighted by molar-refractivity contribution is 9.10. The zero-order valence-corrected chi connectivity index (χ0v) is 12.0. The molecule has 4 heteroatoms. The van der Waals surface area contributed by atoms with Crippen LogP contribution in [0.1, 0.15) is 25.5 Å². The van der Waals surface area contributed by atoms with Crippen LogP contribution < -0.4 is 5.32 Å². The molecule has 0 amide bonds. The Hall–Kier alpha value is -0.870. The quantitative estimate of drug-likeness (QED) is 0.850. The highest BCUT2D eigenvalue weighted by Gasteiger charge is 2.15. The molecule has 0 radical (unpaired) electrons. The third kappa shape index (κ3) is 4.13. The molecule has 1 rings (SSSR count). The van der Waals surface area contributed by atoms with Gasteiger partial charge in [-0.2, -0.15) is 0 Å². The summed E-state index contributed by atoms with van der Waals surface area (Å²) in [5.74, 6) is -0.318. The number of carbonyl (C=O) groups is 1. The number of esters is 1. The van der Waals surface area contributed by atoms with Crippen LogP contribution in [0.15, 0.2) is 28.7 Å². The zero-order chi connectivity index (χ0) is 12.8. The van der Waals surface area contributed by atoms with E-state index < -0.39 is 0 Å². The molecule has 0 fully saturated rings. The van der Waals surface area contributed by atoms with Crippen LogP contribution in [0.4, 0.5) is 0 Å². The van der Waals surface area contributed by atoms with Crippen molar-refractivity contribution in [3.8, 4) is 0 Å². The molecule has 2 atom stereocenters. The Morgan fingerprint density at radius 2 is 2.06 bits per heavy atom. The maximum atomic E-state index is 11.3. The van der Waals surface area contributed by atoms with Crippen molar-refractivity contribution in [1.29, 1.82) is 0 Å². The van der Waals surface area contributed by atoms with Crippen LogP contribution in [0.2, 0.25) is 0 Å². The van der Waals surface area contributed by atoms with Crippen LogP contribution in [0.3, 0.4) is 0 Å². The van der Waals surface area contributed by atoms with Crippen molar-refractivity contribution in [3.63, 3.8) is 0 Å². The van der Waals surface area contributed by atoms with Crippen LogP contribution in [0, 0.1) is 5.92 Å². The fourth-order valence-electron chi connectivity index (χ4n) is 1.57. The minimum atomic E-state index is -0.183. The van der Waals surface area contributed by atoms with Crippen molar-refractivity contribution >= 4 is 21.9 Å². The molecule has 0 spiro atoms. The standard InChI is InChI=1S/C13H18BrNO2/c1-9(13(16)17-3)8-15-10(2)11-6-4-5-7-12(11)14/h4-7,9-10,15H,8H2,1-3H3/t9?,10-/m0/s1. The Bertz CT molecular complexity index is 381. The number of nitrogens with one attached hydrogen (secondary N) is 1. The third-order valence-corrected chi connectivity index (χ3v) is 3.43. The summed E-state index contributed by atoms with van der Waals surface area (Å²) in [6.07, 6.45) is 0. The lowest BCUT2D eigenvalue weighted by Gasteiger charge is -2.18. The molecule has 0 bridgehead atoms. The van der Waals surface area contributed by atoms with E-state index in [1.165, 1.54) is 12.7 Å². The van der Waals surface area contributed by atoms with Crippen molar-refractivity contribution in [3.05, 3.63) is 34.3 Å². The molecule has 1 N–H and O–H groups in total. The van der Waals surface area contributed by atoms with E-state index in [4.69, 9.17) is 0 Å². The van der Waals surface area contributed by atoms with E-state index >= 15 is 0 Å². The van der Waals surface area contributed by atoms with E-state index in [-0.39, 0.29) is 17.9 Å². The Balaban J connectivity index is 2.53. The van der Waals surface area contributed by atoms with Crippen LogP contribution in [-0.2, 0) is 9.53 Å². The molecule has 0 saturated heterocycles. The molecular formula is C13H18BrNO2. The molecule has 1 aromatic carbocycles. The number of benzene rings is 1. The largest absolute Gasteiger partial charge is 0.469 e. The lowest BCUT2D eigenvalue weighted by Crippen LogP contribution is -2.29. The summed E-state index contributed by atoms with van der Waals surface area (Å²) in [7, 11) is 1.41. The smallest absolute Gasteiger partial charge is 0.309 e. The van der Waals surface area contributed by atoms with Crippen molar-refractivity contribution < 1.29 is 9.53 Å². The molecule has 1 aromatic rings. The van der Waals surface area contributed by atoms with Gasteiger partial charge in [-0.05, 0) is 18.6 Å². The predicted octanol–water partition coefficient (Wildman–Crippen LogP) is 2.91. The minimum absolute atomic E-state index is 0.134. The zero-order valence-electron chi connectivity index (χ0n) is 10.4. The van der Waals surface area contributed by atoms with E-state index in [0.29, 0.717) is 6.54 Å². The minimum Gasteiger partial charge on any atom is -0.469 e. The normalized spacial score (nSPS) is 14.1. The first-order chi connectivity index (χ1) is 8.06. The monoisotopic (exact) mass is 299 g/mol. The van der Waals surface area contributed by atoms with Gasteiger partial charge < -0.3 is 10.1 Å². The second-order valence-corrected chi connectivity index (χ2v) is 4.93. The molecule has 94 valence electrons. The highest BCUT2D eigenvalue weighted by atomic mass is 79.9. The molecule has 0 aromatic heterocycles. The van der Waals surface area contributed by atoms with Gasteiger partial charge in [-0.3, -0.25) is 4.79 Å². The van der Waals surface area contributed by atoms with Gasteiger partial charge in [0.1, 0.15) is 0 Å². The Morgan fingerprint density at radius 1 is 1.41 bits per heavy atom. The van der Waals surface area contributed by atoms with E-state index in [1.54, 1.807) is 0 Å². The maximum Gasteiger partial charge on any atom is 0.309 e. The summed E-state index contributed by atoms with van der Waals surface area (Å²) in [5.41, 5.74) is 1.18. The van der Waals surface area contributed by atoms with Gasteiger partial charge in [-0.15, -0.1) is 0 Å². The van der Waals surface area contributed by atoms with Crippen molar-refractivity contribution in [1.82, 2.24) is 5.32 Å². The average Bonchev–Trinajstić information content (AvgIpc) is 2.35. The maximum absolute atomic E-state index is 11.3. The van der Waals surface area contributed by atoms with Gasteiger partial charge in [0.05, 0.1) is 13.0 Å². The molecule has 0 aliphatic heterocycles. The molecule has 1 unspecified atom stereocenters. The van der Waals surface area contributed by atoms with E-state index in [0.717, 1.165) is 4.47 Å². The summed E-state index contributed by atoms with van der Waals surface area (Å²) < 4.78 is 5.76. The van der Waals surface area contributed by atoms with Crippen LogP contribution in [-0.4, -0.2) is 19.6 Å². The number of methoxy groups -OCH3 is 1. The van der Waals surface area contributed by atoms with Crippen LogP contribution in [0.5, 0.6) is 0 Å². The van der Waals surface area contributed by atoms with Gasteiger partial charge >= 0.3 is 5.97 Å². The Kier molecular flexibility index (Phi) is 5.65. The first-order valence-corrected chi connectivity index (χ1v) is 6.41. The average molecular weight is 300 g/mol. The Morgan fingerprint density at radius 3 is 2.65 bits per heavy atom. The second kappa shape index (κ2) is 6.77. The van der Waals surface area contributed by atoms with Crippen molar-refractivity contribution in [2.24, 2.45) is 5.92 Å². The lowest BCUT2D eigenvalue weighted by atomic mass is 10.1. The number of hydrogen-bond acceptors (Lipinski definition) is 3. The van der Waals surface area contributed by atoms with Gasteiger partial charge in [0.2, 0.25) is 0 Å². The number of carbonyl (C=O) groups excluding carboxylic acids is 1. The molecule has 17 heavy (non-hydrogen) atoms. The van der Waals surface area contributed by atoms with Gasteiger partial charge in [-0.25, -0.2) is 0 Å². The fraction of sp³-hybridized carbons (Fsp3) is 0.462. The Labute approximate surface area is 111 Å². The lowest BCUT2D eigenvalue weighted by molar-refractivity contribution is -0.144. The SMILES string of the molecule is COC(=O)C(C)CN[C@@H](C)c1ccccc1Br. The van der Waals surface area contributed by atoms with Gasteiger partial charge in [0.15, 0.2) is 0 Å². The topological polar surface area (TPSA) is 38.3 Å². The molecule has 0 aliphatic rings. The van der Waals surface area contributed by atoms with E-state index in [2.05, 4.69) is 39.0 Å². The summed E-state index contributed by atoms with van der Waals surface area (Å²) >= 11 is 3.51. The van der Waals surface area contributed by atoms with Crippen molar-refractivity contribution in [2.75, 3.05) is 13.7 Å². The van der Waals surface area contributed by atoms with E-state index in [1.807, 2.05) is 25.1 Å². The highest BCUT2D eigenvalue weighted by Crippen LogP contribution is 2.22. The molecule has 0 aliphatic carbocycles. The van der Waals surface area contributed by atoms with E-state index in [9.17, 15) is 4.79 Å². The molecule has 3 nitrogen and oxygen atoms in total.